The molecule has 1 N–H and O–H groups in total. The Kier molecular flexibility index (Phi) is 4.93. The van der Waals surface area contributed by atoms with E-state index in [1.54, 1.807) is 13.8 Å². The van der Waals surface area contributed by atoms with E-state index in [9.17, 15) is 8.42 Å². The number of nitrogens with zero attached hydrogens (tertiary/aromatic N) is 1. The van der Waals surface area contributed by atoms with Gasteiger partial charge in [-0.15, -0.1) is 0 Å². The zero-order valence-corrected chi connectivity index (χ0v) is 12.5. The Labute approximate surface area is 118 Å². The lowest BCUT2D eigenvalue weighted by atomic mass is 10.1. The first-order valence-corrected chi connectivity index (χ1v) is 7.32. The van der Waals surface area contributed by atoms with Gasteiger partial charge in [-0.1, -0.05) is 11.6 Å². The van der Waals surface area contributed by atoms with Crippen molar-refractivity contribution in [3.8, 4) is 6.07 Å². The molecule has 0 radical (unpaired) electrons. The molecule has 1 aromatic rings. The maximum Gasteiger partial charge on any atom is 0.242 e. The van der Waals surface area contributed by atoms with Crippen molar-refractivity contribution in [1.82, 2.24) is 4.72 Å². The Bertz CT molecular complexity index is 606. The van der Waals surface area contributed by atoms with Crippen molar-refractivity contribution in [2.24, 2.45) is 0 Å². The summed E-state index contributed by atoms with van der Waals surface area (Å²) in [4.78, 5) is -0.0555. The summed E-state index contributed by atoms with van der Waals surface area (Å²) < 4.78 is 31.7. The van der Waals surface area contributed by atoms with Crippen LogP contribution < -0.4 is 4.72 Å². The molecule has 7 heteroatoms. The number of ether oxygens (including phenoxy) is 1. The molecule has 0 aliphatic rings. The number of hydrogen-bond acceptors (Lipinski definition) is 4. The van der Waals surface area contributed by atoms with E-state index in [-0.39, 0.29) is 16.5 Å². The summed E-state index contributed by atoms with van der Waals surface area (Å²) in [6.45, 7) is 3.63. The highest BCUT2D eigenvalue weighted by Gasteiger charge is 2.23. The molecule has 0 aliphatic heterocycles. The zero-order valence-electron chi connectivity index (χ0n) is 10.9. The fraction of sp³-hybridized carbons (Fsp3) is 0.417. The first-order valence-electron chi connectivity index (χ1n) is 5.46. The normalized spacial score (nSPS) is 12.2. The van der Waals surface area contributed by atoms with Crippen LogP contribution in [0, 0.1) is 11.3 Å². The average molecular weight is 303 g/mol. The molecule has 104 valence electrons. The predicted molar refractivity (Wildman–Crippen MR) is 72.4 cm³/mol. The summed E-state index contributed by atoms with van der Waals surface area (Å²) in [5.41, 5.74) is -0.312. The van der Waals surface area contributed by atoms with Gasteiger partial charge in [-0.3, -0.25) is 0 Å². The summed E-state index contributed by atoms with van der Waals surface area (Å²) in [6, 6.07) is 5.92. The van der Waals surface area contributed by atoms with Gasteiger partial charge in [0.25, 0.3) is 0 Å². The first kappa shape index (κ1) is 15.9. The van der Waals surface area contributed by atoms with Crippen molar-refractivity contribution in [2.75, 3.05) is 13.7 Å². The minimum absolute atomic E-state index is 0.0155. The molecule has 0 unspecified atom stereocenters. The number of nitrogens with one attached hydrogen (secondary N) is 1. The molecule has 1 aromatic carbocycles. The van der Waals surface area contributed by atoms with Crippen molar-refractivity contribution in [3.05, 3.63) is 28.8 Å². The first-order chi connectivity index (χ1) is 8.72. The molecular formula is C12H15ClN2O3S. The second-order valence-electron chi connectivity index (χ2n) is 4.55. The molecule has 0 aliphatic carbocycles. The van der Waals surface area contributed by atoms with Gasteiger partial charge in [0.15, 0.2) is 0 Å². The van der Waals surface area contributed by atoms with Crippen LogP contribution in [0.5, 0.6) is 0 Å². The van der Waals surface area contributed by atoms with Crippen LogP contribution in [0.15, 0.2) is 23.1 Å². The molecule has 0 saturated carbocycles. The lowest BCUT2D eigenvalue weighted by Crippen LogP contribution is -2.39. The average Bonchev–Trinajstić information content (AvgIpc) is 2.36. The second-order valence-corrected chi connectivity index (χ2v) is 6.69. The van der Waals surface area contributed by atoms with Crippen LogP contribution in [0.4, 0.5) is 0 Å². The minimum Gasteiger partial charge on any atom is -0.377 e. The van der Waals surface area contributed by atoms with E-state index in [0.29, 0.717) is 5.56 Å². The van der Waals surface area contributed by atoms with Crippen molar-refractivity contribution in [1.29, 1.82) is 5.26 Å². The summed E-state index contributed by atoms with van der Waals surface area (Å²) in [5.74, 6) is 0. The Hall–Kier alpha value is -1.13. The van der Waals surface area contributed by atoms with E-state index < -0.39 is 15.6 Å². The fourth-order valence-corrected chi connectivity index (χ4v) is 2.95. The Morgan fingerprint density at radius 1 is 1.47 bits per heavy atom. The smallest absolute Gasteiger partial charge is 0.242 e. The number of benzene rings is 1. The maximum absolute atomic E-state index is 12.1. The predicted octanol–water partition coefficient (Wildman–Crippen LogP) is 1.91. The van der Waals surface area contributed by atoms with Gasteiger partial charge < -0.3 is 4.74 Å². The van der Waals surface area contributed by atoms with Crippen molar-refractivity contribution in [3.63, 3.8) is 0 Å². The van der Waals surface area contributed by atoms with Crippen molar-refractivity contribution >= 4 is 21.6 Å². The molecular weight excluding hydrogens is 288 g/mol. The standard InChI is InChI=1S/C12H15ClN2O3S/c1-12(2,18-3)8-15-19(16,17)11-5-4-9(7-14)6-10(11)13/h4-6,15H,8H2,1-3H3. The molecule has 0 fully saturated rings. The molecule has 0 atom stereocenters. The molecule has 0 saturated heterocycles. The number of nitriles is 1. The number of rotatable bonds is 5. The lowest BCUT2D eigenvalue weighted by molar-refractivity contribution is 0.0276. The summed E-state index contributed by atoms with van der Waals surface area (Å²) >= 11 is 5.88. The number of halogens is 1. The molecule has 1 rings (SSSR count). The van der Waals surface area contributed by atoms with Gasteiger partial charge >= 0.3 is 0 Å². The molecule has 5 nitrogen and oxygen atoms in total. The van der Waals surface area contributed by atoms with E-state index in [2.05, 4.69) is 4.72 Å². The molecule has 0 spiro atoms. The molecule has 0 aromatic heterocycles. The SMILES string of the molecule is COC(C)(C)CNS(=O)(=O)c1ccc(C#N)cc1Cl. The number of methoxy groups -OCH3 is 1. The third-order valence-corrected chi connectivity index (χ3v) is 4.48. The van der Waals surface area contributed by atoms with E-state index >= 15 is 0 Å². The molecule has 19 heavy (non-hydrogen) atoms. The zero-order chi connectivity index (χ0) is 14.7. The maximum atomic E-state index is 12.1. The largest absolute Gasteiger partial charge is 0.377 e. The fourth-order valence-electron chi connectivity index (χ4n) is 1.21. The van der Waals surface area contributed by atoms with Crippen LogP contribution in [-0.4, -0.2) is 27.7 Å². The second kappa shape index (κ2) is 5.88. The monoisotopic (exact) mass is 302 g/mol. The van der Waals surface area contributed by atoms with Gasteiger partial charge in [0.2, 0.25) is 10.0 Å². The topological polar surface area (TPSA) is 79.2 Å². The molecule has 0 bridgehead atoms. The van der Waals surface area contributed by atoms with Crippen LogP contribution in [0.1, 0.15) is 19.4 Å². The van der Waals surface area contributed by atoms with Crippen LogP contribution in [0.2, 0.25) is 5.02 Å². The van der Waals surface area contributed by atoms with E-state index in [1.807, 2.05) is 6.07 Å². The van der Waals surface area contributed by atoms with Crippen LogP contribution in [0.25, 0.3) is 0 Å². The highest BCUT2D eigenvalue weighted by atomic mass is 35.5. The third-order valence-electron chi connectivity index (χ3n) is 2.59. The van der Waals surface area contributed by atoms with Crippen molar-refractivity contribution in [2.45, 2.75) is 24.3 Å². The van der Waals surface area contributed by atoms with Gasteiger partial charge in [0.05, 0.1) is 22.3 Å². The number of hydrogen-bond donors (Lipinski definition) is 1. The highest BCUT2D eigenvalue weighted by molar-refractivity contribution is 7.89. The van der Waals surface area contributed by atoms with Gasteiger partial charge in [-0.05, 0) is 32.0 Å². The molecule has 0 amide bonds. The summed E-state index contributed by atoms with van der Waals surface area (Å²) in [6.07, 6.45) is 0. The van der Waals surface area contributed by atoms with E-state index in [1.165, 1.54) is 25.3 Å². The van der Waals surface area contributed by atoms with Crippen molar-refractivity contribution < 1.29 is 13.2 Å². The minimum atomic E-state index is -3.73. The van der Waals surface area contributed by atoms with E-state index in [0.717, 1.165) is 0 Å². The molecule has 0 heterocycles. The summed E-state index contributed by atoms with van der Waals surface area (Å²) in [5, 5.41) is 8.72. The Balaban J connectivity index is 2.99. The van der Waals surface area contributed by atoms with Gasteiger partial charge in [-0.2, -0.15) is 5.26 Å². The van der Waals surface area contributed by atoms with Gasteiger partial charge in [-0.25, -0.2) is 13.1 Å². The van der Waals surface area contributed by atoms with Crippen LogP contribution >= 0.6 is 11.6 Å². The Morgan fingerprint density at radius 2 is 2.11 bits per heavy atom. The van der Waals surface area contributed by atoms with Gasteiger partial charge in [0.1, 0.15) is 4.90 Å². The summed E-state index contributed by atoms with van der Waals surface area (Å²) in [7, 11) is -2.23. The van der Waals surface area contributed by atoms with Crippen LogP contribution in [0.3, 0.4) is 0 Å². The number of sulfonamides is 1. The van der Waals surface area contributed by atoms with Gasteiger partial charge in [0, 0.05) is 13.7 Å². The quantitative estimate of drug-likeness (QED) is 0.901. The van der Waals surface area contributed by atoms with E-state index in [4.69, 9.17) is 21.6 Å². The highest BCUT2D eigenvalue weighted by Crippen LogP contribution is 2.22. The Morgan fingerprint density at radius 3 is 2.58 bits per heavy atom. The van der Waals surface area contributed by atoms with Crippen LogP contribution in [-0.2, 0) is 14.8 Å². The lowest BCUT2D eigenvalue weighted by Gasteiger charge is -2.23. The third kappa shape index (κ3) is 4.18.